The summed E-state index contributed by atoms with van der Waals surface area (Å²) >= 11 is 0. The largest absolute Gasteiger partial charge is 0.346 e. The van der Waals surface area contributed by atoms with Gasteiger partial charge in [-0.05, 0) is 57.2 Å². The topological polar surface area (TPSA) is 54.9 Å². The second-order valence-corrected chi connectivity index (χ2v) is 6.31. The molecule has 120 valence electrons. The Kier molecular flexibility index (Phi) is 4.11. The lowest BCUT2D eigenvalue weighted by Gasteiger charge is -2.43. The number of halogens is 1. The van der Waals surface area contributed by atoms with Gasteiger partial charge in [-0.1, -0.05) is 12.1 Å². The summed E-state index contributed by atoms with van der Waals surface area (Å²) in [5.41, 5.74) is 1.79. The van der Waals surface area contributed by atoms with Crippen molar-refractivity contribution in [3.63, 3.8) is 0 Å². The summed E-state index contributed by atoms with van der Waals surface area (Å²) < 4.78 is 13.4. The van der Waals surface area contributed by atoms with Crippen molar-refractivity contribution >= 4 is 5.91 Å². The molecule has 1 aromatic heterocycles. The minimum absolute atomic E-state index is 0.154. The molecule has 4 nitrogen and oxygen atoms in total. The molecule has 0 aliphatic heterocycles. The Morgan fingerprint density at radius 1 is 1.35 bits per heavy atom. The molecule has 1 fully saturated rings. The average molecular weight is 313 g/mol. The zero-order chi connectivity index (χ0) is 16.4. The van der Waals surface area contributed by atoms with Gasteiger partial charge < -0.3 is 5.32 Å². The Labute approximate surface area is 135 Å². The third kappa shape index (κ3) is 3.38. The highest BCUT2D eigenvalue weighted by molar-refractivity contribution is 5.95. The fraction of sp³-hybridized carbons (Fsp3) is 0.389. The summed E-state index contributed by atoms with van der Waals surface area (Å²) in [4.78, 5) is 20.9. The zero-order valence-corrected chi connectivity index (χ0v) is 13.4. The molecule has 1 amide bonds. The van der Waals surface area contributed by atoms with E-state index in [0.29, 0.717) is 23.5 Å². The van der Waals surface area contributed by atoms with Gasteiger partial charge in [-0.15, -0.1) is 0 Å². The second kappa shape index (κ2) is 6.07. The van der Waals surface area contributed by atoms with Gasteiger partial charge in [0.15, 0.2) is 0 Å². The number of aromatic nitrogens is 2. The summed E-state index contributed by atoms with van der Waals surface area (Å²) in [7, 11) is 0. The Hall–Kier alpha value is -2.30. The maximum atomic E-state index is 13.4. The second-order valence-electron chi connectivity index (χ2n) is 6.31. The fourth-order valence-electron chi connectivity index (χ4n) is 3.10. The van der Waals surface area contributed by atoms with Gasteiger partial charge in [-0.25, -0.2) is 14.4 Å². The minimum Gasteiger partial charge on any atom is -0.346 e. The van der Waals surface area contributed by atoms with Crippen molar-refractivity contribution in [2.75, 3.05) is 0 Å². The van der Waals surface area contributed by atoms with Gasteiger partial charge in [0.2, 0.25) is 0 Å². The van der Waals surface area contributed by atoms with Gasteiger partial charge >= 0.3 is 0 Å². The first kappa shape index (κ1) is 15.6. The summed E-state index contributed by atoms with van der Waals surface area (Å²) in [6.07, 6.45) is 5.09. The van der Waals surface area contributed by atoms with E-state index >= 15 is 0 Å². The molecule has 1 heterocycles. The number of carbonyl (C=O) groups excluding carboxylic acids is 1. The Bertz CT molecular complexity index is 741. The van der Waals surface area contributed by atoms with Crippen LogP contribution in [0.15, 0.2) is 30.5 Å². The van der Waals surface area contributed by atoms with Crippen LogP contribution < -0.4 is 5.32 Å². The van der Waals surface area contributed by atoms with Gasteiger partial charge in [0.1, 0.15) is 11.6 Å². The molecule has 1 aliphatic carbocycles. The number of rotatable bonds is 4. The first-order chi connectivity index (χ1) is 11.0. The smallest absolute Gasteiger partial charge is 0.255 e. The van der Waals surface area contributed by atoms with Gasteiger partial charge in [0.05, 0.1) is 11.3 Å². The Morgan fingerprint density at radius 3 is 2.74 bits per heavy atom. The van der Waals surface area contributed by atoms with E-state index in [0.717, 1.165) is 24.8 Å². The molecule has 23 heavy (non-hydrogen) atoms. The lowest BCUT2D eigenvalue weighted by Crippen LogP contribution is -2.55. The van der Waals surface area contributed by atoms with Crippen LogP contribution >= 0.6 is 0 Å². The van der Waals surface area contributed by atoms with Crippen LogP contribution in [0.25, 0.3) is 0 Å². The quantitative estimate of drug-likeness (QED) is 0.943. The van der Waals surface area contributed by atoms with Crippen LogP contribution in [0.5, 0.6) is 0 Å². The highest BCUT2D eigenvalue weighted by Crippen LogP contribution is 2.35. The van der Waals surface area contributed by atoms with Crippen molar-refractivity contribution in [2.24, 2.45) is 0 Å². The maximum absolute atomic E-state index is 13.4. The average Bonchev–Trinajstić information content (AvgIpc) is 2.44. The summed E-state index contributed by atoms with van der Waals surface area (Å²) in [6, 6.07) is 6.57. The van der Waals surface area contributed by atoms with Crippen LogP contribution in [-0.2, 0) is 6.42 Å². The van der Waals surface area contributed by atoms with Crippen molar-refractivity contribution in [2.45, 2.75) is 45.1 Å². The molecule has 0 saturated heterocycles. The predicted octanol–water partition coefficient (Wildman–Crippen LogP) is 3.13. The van der Waals surface area contributed by atoms with Crippen molar-refractivity contribution in [1.29, 1.82) is 0 Å². The lowest BCUT2D eigenvalue weighted by atomic mass is 9.72. The summed E-state index contributed by atoms with van der Waals surface area (Å²) in [6.45, 7) is 3.61. The molecule has 0 spiro atoms. The highest BCUT2D eigenvalue weighted by Gasteiger charge is 2.38. The van der Waals surface area contributed by atoms with E-state index in [2.05, 4.69) is 15.3 Å². The number of nitrogens with one attached hydrogen (secondary N) is 1. The van der Waals surface area contributed by atoms with Crippen molar-refractivity contribution in [3.8, 4) is 0 Å². The zero-order valence-electron chi connectivity index (χ0n) is 13.4. The number of hydrogen-bond donors (Lipinski definition) is 1. The third-order valence-corrected chi connectivity index (χ3v) is 4.47. The molecule has 1 N–H and O–H groups in total. The number of benzene rings is 1. The van der Waals surface area contributed by atoms with Crippen molar-refractivity contribution in [1.82, 2.24) is 15.3 Å². The molecule has 1 saturated carbocycles. The van der Waals surface area contributed by atoms with E-state index < -0.39 is 0 Å². The fourth-order valence-corrected chi connectivity index (χ4v) is 3.10. The number of hydrogen-bond acceptors (Lipinski definition) is 3. The van der Waals surface area contributed by atoms with E-state index in [1.807, 2.05) is 13.0 Å². The monoisotopic (exact) mass is 313 g/mol. The molecular weight excluding hydrogens is 293 g/mol. The van der Waals surface area contributed by atoms with E-state index in [1.165, 1.54) is 12.1 Å². The van der Waals surface area contributed by atoms with E-state index in [9.17, 15) is 9.18 Å². The van der Waals surface area contributed by atoms with Crippen LogP contribution in [0.3, 0.4) is 0 Å². The van der Waals surface area contributed by atoms with Crippen molar-refractivity contribution in [3.05, 3.63) is 58.9 Å². The van der Waals surface area contributed by atoms with E-state index in [4.69, 9.17) is 0 Å². The normalized spacial score (nSPS) is 15.8. The van der Waals surface area contributed by atoms with Gasteiger partial charge in [0, 0.05) is 11.7 Å². The highest BCUT2D eigenvalue weighted by atomic mass is 19.1. The van der Waals surface area contributed by atoms with Crippen LogP contribution in [0, 0.1) is 19.7 Å². The molecule has 0 unspecified atom stereocenters. The standard InChI is InChI=1S/C18H20FN3O/c1-12-16(11-20-13(2)21-12)17(23)22-18(7-4-8-18)10-14-5-3-6-15(19)9-14/h3,5-6,9,11H,4,7-8,10H2,1-2H3,(H,22,23). The molecule has 3 rings (SSSR count). The summed E-state index contributed by atoms with van der Waals surface area (Å²) in [5.74, 6) is 0.252. The molecule has 0 bridgehead atoms. The molecule has 5 heteroatoms. The number of carbonyl (C=O) groups is 1. The summed E-state index contributed by atoms with van der Waals surface area (Å²) in [5, 5.41) is 3.13. The SMILES string of the molecule is Cc1ncc(C(=O)NC2(Cc3cccc(F)c3)CCC2)c(C)n1. The van der Waals surface area contributed by atoms with Gasteiger partial charge in [-0.2, -0.15) is 0 Å². The molecular formula is C18H20FN3O. The molecule has 0 atom stereocenters. The first-order valence-corrected chi connectivity index (χ1v) is 7.85. The molecule has 1 aromatic carbocycles. The Balaban J connectivity index is 1.77. The molecule has 0 radical (unpaired) electrons. The van der Waals surface area contributed by atoms with Crippen LogP contribution in [0.4, 0.5) is 4.39 Å². The van der Waals surface area contributed by atoms with Crippen molar-refractivity contribution < 1.29 is 9.18 Å². The molecule has 2 aromatic rings. The number of aryl methyl sites for hydroxylation is 2. The number of amides is 1. The van der Waals surface area contributed by atoms with Crippen LogP contribution in [0.1, 0.15) is 46.7 Å². The predicted molar refractivity (Wildman–Crippen MR) is 85.7 cm³/mol. The minimum atomic E-state index is -0.289. The first-order valence-electron chi connectivity index (χ1n) is 7.85. The van der Waals surface area contributed by atoms with E-state index in [1.54, 1.807) is 19.2 Å². The van der Waals surface area contributed by atoms with E-state index in [-0.39, 0.29) is 17.3 Å². The van der Waals surface area contributed by atoms with Crippen LogP contribution in [0.2, 0.25) is 0 Å². The third-order valence-electron chi connectivity index (χ3n) is 4.47. The van der Waals surface area contributed by atoms with Gasteiger partial charge in [-0.3, -0.25) is 4.79 Å². The number of nitrogens with zero attached hydrogens (tertiary/aromatic N) is 2. The maximum Gasteiger partial charge on any atom is 0.255 e. The van der Waals surface area contributed by atoms with Gasteiger partial charge in [0.25, 0.3) is 5.91 Å². The molecule has 1 aliphatic rings. The lowest BCUT2D eigenvalue weighted by molar-refractivity contribution is 0.0825. The Morgan fingerprint density at radius 2 is 2.13 bits per heavy atom. The van der Waals surface area contributed by atoms with Crippen LogP contribution in [-0.4, -0.2) is 21.4 Å².